The number of rotatable bonds is 5. The van der Waals surface area contributed by atoms with Crippen LogP contribution in [0.4, 0.5) is 11.4 Å². The number of nitrogens with one attached hydrogen (secondary N) is 1. The second kappa shape index (κ2) is 8.01. The fraction of sp³-hybridized carbons (Fsp3) is 0.333. The summed E-state index contributed by atoms with van der Waals surface area (Å²) >= 11 is 6.01. The van der Waals surface area contributed by atoms with E-state index >= 15 is 0 Å². The van der Waals surface area contributed by atoms with Gasteiger partial charge in [-0.1, -0.05) is 24.6 Å². The van der Waals surface area contributed by atoms with Crippen molar-refractivity contribution >= 4 is 23.0 Å². The molecular weight excluding hydrogens is 360 g/mol. The quantitative estimate of drug-likeness (QED) is 0.654. The van der Waals surface area contributed by atoms with Crippen LogP contribution in [0.2, 0.25) is 5.02 Å². The predicted molar refractivity (Wildman–Crippen MR) is 109 cm³/mol. The molecule has 4 rings (SSSR count). The van der Waals surface area contributed by atoms with Crippen molar-refractivity contribution in [1.29, 1.82) is 0 Å². The van der Waals surface area contributed by atoms with Crippen LogP contribution in [0.25, 0.3) is 11.5 Å². The van der Waals surface area contributed by atoms with Crippen molar-refractivity contribution in [2.75, 3.05) is 23.3 Å². The Hall–Kier alpha value is -2.53. The zero-order chi connectivity index (χ0) is 18.6. The van der Waals surface area contributed by atoms with E-state index < -0.39 is 0 Å². The molecule has 140 valence electrons. The summed E-state index contributed by atoms with van der Waals surface area (Å²) in [7, 11) is 0. The van der Waals surface area contributed by atoms with Gasteiger partial charge in [-0.3, -0.25) is 0 Å². The van der Waals surface area contributed by atoms with Gasteiger partial charge in [0.1, 0.15) is 0 Å². The molecule has 0 aliphatic carbocycles. The number of halogens is 1. The monoisotopic (exact) mass is 382 g/mol. The maximum absolute atomic E-state index is 6.01. The molecule has 0 atom stereocenters. The van der Waals surface area contributed by atoms with E-state index in [1.165, 1.54) is 18.5 Å². The van der Waals surface area contributed by atoms with E-state index in [1.54, 1.807) is 0 Å². The molecule has 0 spiro atoms. The van der Waals surface area contributed by atoms with Crippen LogP contribution in [0, 0.1) is 5.92 Å². The molecule has 2 aromatic carbocycles. The van der Waals surface area contributed by atoms with Gasteiger partial charge in [0.25, 0.3) is 0 Å². The van der Waals surface area contributed by atoms with Crippen molar-refractivity contribution < 1.29 is 4.42 Å². The third kappa shape index (κ3) is 4.42. The summed E-state index contributed by atoms with van der Waals surface area (Å²) in [6.07, 6.45) is 2.54. The number of hydrogen-bond acceptors (Lipinski definition) is 5. The average molecular weight is 383 g/mol. The van der Waals surface area contributed by atoms with Gasteiger partial charge >= 0.3 is 0 Å². The molecule has 2 heterocycles. The summed E-state index contributed by atoms with van der Waals surface area (Å²) in [6, 6.07) is 15.9. The lowest BCUT2D eigenvalue weighted by Crippen LogP contribution is -2.32. The Balaban J connectivity index is 1.35. The first-order valence-corrected chi connectivity index (χ1v) is 9.72. The Morgan fingerprint density at radius 2 is 1.89 bits per heavy atom. The first-order chi connectivity index (χ1) is 13.2. The van der Waals surface area contributed by atoms with E-state index in [9.17, 15) is 0 Å². The van der Waals surface area contributed by atoms with E-state index in [-0.39, 0.29) is 0 Å². The van der Waals surface area contributed by atoms with Crippen molar-refractivity contribution in [2.24, 2.45) is 5.92 Å². The number of nitrogens with zero attached hydrogens (tertiary/aromatic N) is 3. The summed E-state index contributed by atoms with van der Waals surface area (Å²) in [5.74, 6) is 1.86. The second-order valence-corrected chi connectivity index (χ2v) is 7.52. The molecule has 27 heavy (non-hydrogen) atoms. The molecule has 0 amide bonds. The highest BCUT2D eigenvalue weighted by molar-refractivity contribution is 6.30. The SMILES string of the molecule is CC1CCN(c2ccc(NCc3nnc(-c4cccc(Cl)c4)o3)cc2)CC1. The molecular formula is C21H23ClN4O. The van der Waals surface area contributed by atoms with Gasteiger partial charge in [0.2, 0.25) is 11.8 Å². The van der Waals surface area contributed by atoms with E-state index in [0.29, 0.717) is 23.3 Å². The summed E-state index contributed by atoms with van der Waals surface area (Å²) in [5, 5.41) is 12.2. The van der Waals surface area contributed by atoms with Crippen LogP contribution < -0.4 is 10.2 Å². The van der Waals surface area contributed by atoms with E-state index in [4.69, 9.17) is 16.0 Å². The normalized spacial score (nSPS) is 15.1. The Bertz CT molecular complexity index is 885. The lowest BCUT2D eigenvalue weighted by molar-refractivity contribution is 0.438. The molecule has 3 aromatic rings. The number of piperidine rings is 1. The number of hydrogen-bond donors (Lipinski definition) is 1. The molecule has 1 saturated heterocycles. The van der Waals surface area contributed by atoms with Gasteiger partial charge in [-0.25, -0.2) is 0 Å². The maximum atomic E-state index is 6.01. The largest absolute Gasteiger partial charge is 0.419 e. The van der Waals surface area contributed by atoms with E-state index in [1.807, 2.05) is 24.3 Å². The summed E-state index contributed by atoms with van der Waals surface area (Å²) in [5.41, 5.74) is 3.14. The first-order valence-electron chi connectivity index (χ1n) is 9.34. The molecule has 5 nitrogen and oxygen atoms in total. The van der Waals surface area contributed by atoms with Gasteiger partial charge in [0.05, 0.1) is 6.54 Å². The molecule has 1 fully saturated rings. The predicted octanol–water partition coefficient (Wildman–Crippen LogP) is 5.24. The Morgan fingerprint density at radius 3 is 2.63 bits per heavy atom. The van der Waals surface area contributed by atoms with Gasteiger partial charge in [0, 0.05) is 35.1 Å². The fourth-order valence-corrected chi connectivity index (χ4v) is 3.49. The first kappa shape index (κ1) is 17.9. The summed E-state index contributed by atoms with van der Waals surface area (Å²) in [6.45, 7) is 5.10. The van der Waals surface area contributed by atoms with Crippen LogP contribution in [0.1, 0.15) is 25.7 Å². The van der Waals surface area contributed by atoms with E-state index in [2.05, 4.69) is 51.6 Å². The second-order valence-electron chi connectivity index (χ2n) is 7.08. The molecule has 0 unspecified atom stereocenters. The minimum Gasteiger partial charge on any atom is -0.419 e. The van der Waals surface area contributed by atoms with Crippen LogP contribution in [0.3, 0.4) is 0 Å². The zero-order valence-electron chi connectivity index (χ0n) is 15.4. The fourth-order valence-electron chi connectivity index (χ4n) is 3.30. The highest BCUT2D eigenvalue weighted by Crippen LogP contribution is 2.25. The number of benzene rings is 2. The Kier molecular flexibility index (Phi) is 5.30. The van der Waals surface area contributed by atoms with E-state index in [0.717, 1.165) is 30.3 Å². The Labute approximate surface area is 164 Å². The highest BCUT2D eigenvalue weighted by atomic mass is 35.5. The van der Waals surface area contributed by atoms with Gasteiger partial charge in [-0.15, -0.1) is 10.2 Å². The number of anilines is 2. The zero-order valence-corrected chi connectivity index (χ0v) is 16.1. The lowest BCUT2D eigenvalue weighted by atomic mass is 9.99. The summed E-state index contributed by atoms with van der Waals surface area (Å²) < 4.78 is 5.72. The van der Waals surface area contributed by atoms with Gasteiger partial charge in [-0.05, 0) is 61.2 Å². The molecule has 0 bridgehead atoms. The number of aromatic nitrogens is 2. The van der Waals surface area contributed by atoms with Crippen molar-refractivity contribution in [3.63, 3.8) is 0 Å². The van der Waals surface area contributed by atoms with Crippen LogP contribution in [0.15, 0.2) is 52.9 Å². The van der Waals surface area contributed by atoms with Crippen molar-refractivity contribution in [2.45, 2.75) is 26.3 Å². The Morgan fingerprint density at radius 1 is 1.11 bits per heavy atom. The van der Waals surface area contributed by atoms with Crippen LogP contribution >= 0.6 is 11.6 Å². The third-order valence-corrected chi connectivity index (χ3v) is 5.23. The molecule has 0 saturated carbocycles. The maximum Gasteiger partial charge on any atom is 0.247 e. The minimum atomic E-state index is 0.476. The van der Waals surface area contributed by atoms with Crippen molar-refractivity contribution in [3.8, 4) is 11.5 Å². The third-order valence-electron chi connectivity index (χ3n) is 5.00. The van der Waals surface area contributed by atoms with Crippen LogP contribution in [-0.4, -0.2) is 23.3 Å². The van der Waals surface area contributed by atoms with Crippen LogP contribution in [0.5, 0.6) is 0 Å². The molecule has 1 aliphatic heterocycles. The molecule has 1 N–H and O–H groups in total. The smallest absolute Gasteiger partial charge is 0.247 e. The van der Waals surface area contributed by atoms with Gasteiger partial charge < -0.3 is 14.6 Å². The highest BCUT2D eigenvalue weighted by Gasteiger charge is 2.16. The van der Waals surface area contributed by atoms with Gasteiger partial charge in [0.15, 0.2) is 0 Å². The minimum absolute atomic E-state index is 0.476. The van der Waals surface area contributed by atoms with Crippen LogP contribution in [-0.2, 0) is 6.54 Å². The average Bonchev–Trinajstić information content (AvgIpc) is 3.17. The van der Waals surface area contributed by atoms with Crippen molar-refractivity contribution in [3.05, 3.63) is 59.4 Å². The topological polar surface area (TPSA) is 54.2 Å². The van der Waals surface area contributed by atoms with Gasteiger partial charge in [-0.2, -0.15) is 0 Å². The summed E-state index contributed by atoms with van der Waals surface area (Å²) in [4.78, 5) is 2.46. The van der Waals surface area contributed by atoms with Crippen molar-refractivity contribution in [1.82, 2.24) is 10.2 Å². The molecule has 0 radical (unpaired) electrons. The molecule has 6 heteroatoms. The molecule has 1 aliphatic rings. The standard InChI is InChI=1S/C21H23ClN4O/c1-15-9-11-26(12-10-15)19-7-5-18(6-8-19)23-14-20-24-25-21(27-20)16-3-2-4-17(22)13-16/h2-8,13,15,23H,9-12,14H2,1H3. The lowest BCUT2D eigenvalue weighted by Gasteiger charge is -2.32. The molecule has 1 aromatic heterocycles.